The lowest BCUT2D eigenvalue weighted by Gasteiger charge is -2.25. The molecule has 3 N–H and O–H groups in total. The molecular formula is C13H25ClN2O. The minimum Gasteiger partial charge on any atom is -0.355 e. The summed E-state index contributed by atoms with van der Waals surface area (Å²) in [6.45, 7) is 5.87. The van der Waals surface area contributed by atoms with Crippen LogP contribution in [0.15, 0.2) is 0 Å². The average Bonchev–Trinajstić information content (AvgIpc) is 2.70. The number of rotatable bonds is 4. The molecule has 0 radical (unpaired) electrons. The Morgan fingerprint density at radius 3 is 2.29 bits per heavy atom. The second-order valence-electron chi connectivity index (χ2n) is 6.29. The van der Waals surface area contributed by atoms with Crippen LogP contribution in [-0.4, -0.2) is 19.0 Å². The average molecular weight is 261 g/mol. The van der Waals surface area contributed by atoms with Gasteiger partial charge in [-0.1, -0.05) is 26.7 Å². The Hall–Kier alpha value is -0.280. The monoisotopic (exact) mass is 260 g/mol. The molecule has 2 aliphatic carbocycles. The third kappa shape index (κ3) is 2.94. The van der Waals surface area contributed by atoms with E-state index in [9.17, 15) is 4.79 Å². The lowest BCUT2D eigenvalue weighted by molar-refractivity contribution is -0.130. The van der Waals surface area contributed by atoms with E-state index in [1.807, 2.05) is 0 Å². The summed E-state index contributed by atoms with van der Waals surface area (Å²) in [6.07, 6.45) is 5.49. The molecule has 2 aliphatic rings. The molecule has 2 saturated carbocycles. The normalized spacial score (nSPS) is 28.3. The molecule has 1 atom stereocenters. The first-order valence-corrected chi connectivity index (χ1v) is 6.49. The largest absolute Gasteiger partial charge is 0.355 e. The standard InChI is InChI=1S/C13H24N2O.ClH/c1-12(2)7-10(12)8-15-11(16)13(9-14)5-3-4-6-13;/h10H,3-9,14H2,1-2H3,(H,15,16);1H. The molecule has 2 fully saturated rings. The summed E-state index contributed by atoms with van der Waals surface area (Å²) in [6, 6.07) is 0. The molecule has 0 aromatic heterocycles. The van der Waals surface area contributed by atoms with Crippen molar-refractivity contribution in [2.24, 2.45) is 22.5 Å². The maximum atomic E-state index is 12.2. The van der Waals surface area contributed by atoms with Crippen molar-refractivity contribution in [2.45, 2.75) is 46.0 Å². The van der Waals surface area contributed by atoms with Crippen LogP contribution in [0.2, 0.25) is 0 Å². The Kier molecular flexibility index (Phi) is 4.48. The van der Waals surface area contributed by atoms with Gasteiger partial charge in [0.15, 0.2) is 0 Å². The van der Waals surface area contributed by atoms with Crippen LogP contribution in [0.25, 0.3) is 0 Å². The molecule has 0 spiro atoms. The number of nitrogens with one attached hydrogen (secondary N) is 1. The highest BCUT2D eigenvalue weighted by Crippen LogP contribution is 2.51. The van der Waals surface area contributed by atoms with Crippen LogP contribution in [0, 0.1) is 16.7 Å². The Morgan fingerprint density at radius 2 is 1.88 bits per heavy atom. The van der Waals surface area contributed by atoms with Crippen LogP contribution < -0.4 is 11.1 Å². The van der Waals surface area contributed by atoms with Gasteiger partial charge in [0.25, 0.3) is 0 Å². The predicted octanol–water partition coefficient (Wildman–Crippen LogP) is 2.09. The lowest BCUT2D eigenvalue weighted by atomic mass is 9.85. The molecule has 1 unspecified atom stereocenters. The summed E-state index contributed by atoms with van der Waals surface area (Å²) in [5.74, 6) is 0.878. The van der Waals surface area contributed by atoms with Crippen molar-refractivity contribution < 1.29 is 4.79 Å². The van der Waals surface area contributed by atoms with Crippen LogP contribution >= 0.6 is 12.4 Å². The van der Waals surface area contributed by atoms with Gasteiger partial charge in [-0.05, 0) is 30.6 Å². The number of halogens is 1. The van der Waals surface area contributed by atoms with Gasteiger partial charge < -0.3 is 11.1 Å². The van der Waals surface area contributed by atoms with E-state index in [1.54, 1.807) is 0 Å². The number of carbonyl (C=O) groups excluding carboxylic acids is 1. The Balaban J connectivity index is 0.00000144. The molecular weight excluding hydrogens is 236 g/mol. The second-order valence-corrected chi connectivity index (χ2v) is 6.29. The van der Waals surface area contributed by atoms with Crippen molar-refractivity contribution in [3.05, 3.63) is 0 Å². The third-order valence-corrected chi connectivity index (χ3v) is 4.66. The summed E-state index contributed by atoms with van der Waals surface area (Å²) in [5, 5.41) is 3.11. The highest BCUT2D eigenvalue weighted by Gasteiger charge is 2.46. The molecule has 4 heteroatoms. The van der Waals surface area contributed by atoms with Crippen molar-refractivity contribution in [1.82, 2.24) is 5.32 Å². The molecule has 3 nitrogen and oxygen atoms in total. The van der Waals surface area contributed by atoms with E-state index in [1.165, 1.54) is 6.42 Å². The topological polar surface area (TPSA) is 55.1 Å². The number of carbonyl (C=O) groups is 1. The number of hydrogen-bond donors (Lipinski definition) is 2. The van der Waals surface area contributed by atoms with E-state index in [0.717, 1.165) is 32.2 Å². The minimum absolute atomic E-state index is 0. The van der Waals surface area contributed by atoms with Gasteiger partial charge in [0.05, 0.1) is 5.41 Å². The molecule has 0 bridgehead atoms. The van der Waals surface area contributed by atoms with E-state index in [-0.39, 0.29) is 23.7 Å². The van der Waals surface area contributed by atoms with Crippen LogP contribution in [0.3, 0.4) is 0 Å². The number of hydrogen-bond acceptors (Lipinski definition) is 2. The number of amides is 1. The van der Waals surface area contributed by atoms with Crippen LogP contribution in [0.5, 0.6) is 0 Å². The molecule has 100 valence electrons. The third-order valence-electron chi connectivity index (χ3n) is 4.66. The van der Waals surface area contributed by atoms with Crippen LogP contribution in [0.1, 0.15) is 46.0 Å². The molecule has 0 aromatic carbocycles. The number of nitrogens with two attached hydrogens (primary N) is 1. The smallest absolute Gasteiger partial charge is 0.227 e. The van der Waals surface area contributed by atoms with E-state index >= 15 is 0 Å². The maximum Gasteiger partial charge on any atom is 0.227 e. The zero-order valence-electron chi connectivity index (χ0n) is 10.9. The first-order valence-electron chi connectivity index (χ1n) is 6.49. The fourth-order valence-electron chi connectivity index (χ4n) is 2.90. The summed E-state index contributed by atoms with van der Waals surface area (Å²) in [7, 11) is 0. The molecule has 1 amide bonds. The molecule has 0 aromatic rings. The molecule has 0 aliphatic heterocycles. The van der Waals surface area contributed by atoms with Gasteiger partial charge in [-0.15, -0.1) is 12.4 Å². The van der Waals surface area contributed by atoms with E-state index in [0.29, 0.717) is 17.9 Å². The highest BCUT2D eigenvalue weighted by atomic mass is 35.5. The summed E-state index contributed by atoms with van der Waals surface area (Å²) < 4.78 is 0. The van der Waals surface area contributed by atoms with Crippen molar-refractivity contribution in [3.63, 3.8) is 0 Å². The fourth-order valence-corrected chi connectivity index (χ4v) is 2.90. The van der Waals surface area contributed by atoms with E-state index in [2.05, 4.69) is 19.2 Å². The Morgan fingerprint density at radius 1 is 1.35 bits per heavy atom. The van der Waals surface area contributed by atoms with Crippen molar-refractivity contribution in [2.75, 3.05) is 13.1 Å². The zero-order valence-corrected chi connectivity index (χ0v) is 11.7. The second kappa shape index (κ2) is 5.15. The van der Waals surface area contributed by atoms with Gasteiger partial charge >= 0.3 is 0 Å². The summed E-state index contributed by atoms with van der Waals surface area (Å²) in [4.78, 5) is 12.2. The van der Waals surface area contributed by atoms with Crippen LogP contribution in [-0.2, 0) is 4.79 Å². The predicted molar refractivity (Wildman–Crippen MR) is 72.1 cm³/mol. The minimum atomic E-state index is -0.237. The quantitative estimate of drug-likeness (QED) is 0.813. The first-order chi connectivity index (χ1) is 7.50. The molecule has 0 heterocycles. The van der Waals surface area contributed by atoms with Gasteiger partial charge in [0, 0.05) is 13.1 Å². The van der Waals surface area contributed by atoms with Gasteiger partial charge in [-0.25, -0.2) is 0 Å². The lowest BCUT2D eigenvalue weighted by Crippen LogP contribution is -2.44. The maximum absolute atomic E-state index is 12.2. The first kappa shape index (κ1) is 14.8. The van der Waals surface area contributed by atoms with Gasteiger partial charge in [-0.2, -0.15) is 0 Å². The molecule has 2 rings (SSSR count). The van der Waals surface area contributed by atoms with E-state index < -0.39 is 0 Å². The SMILES string of the molecule is CC1(C)CC1CNC(=O)C1(CN)CCCC1.Cl. The Bertz CT molecular complexity index is 285. The molecule has 0 saturated heterocycles. The van der Waals surface area contributed by atoms with Gasteiger partial charge in [0.2, 0.25) is 5.91 Å². The van der Waals surface area contributed by atoms with E-state index in [4.69, 9.17) is 5.73 Å². The Labute approximate surface area is 110 Å². The molecule has 17 heavy (non-hydrogen) atoms. The van der Waals surface area contributed by atoms with Gasteiger partial charge in [0.1, 0.15) is 0 Å². The van der Waals surface area contributed by atoms with Crippen molar-refractivity contribution in [3.8, 4) is 0 Å². The van der Waals surface area contributed by atoms with Crippen molar-refractivity contribution >= 4 is 18.3 Å². The fraction of sp³-hybridized carbons (Fsp3) is 0.923. The van der Waals surface area contributed by atoms with Crippen LogP contribution in [0.4, 0.5) is 0 Å². The highest BCUT2D eigenvalue weighted by molar-refractivity contribution is 5.85. The van der Waals surface area contributed by atoms with Crippen molar-refractivity contribution in [1.29, 1.82) is 0 Å². The van der Waals surface area contributed by atoms with Gasteiger partial charge in [-0.3, -0.25) is 4.79 Å². The summed E-state index contributed by atoms with van der Waals surface area (Å²) in [5.41, 5.74) is 5.99. The summed E-state index contributed by atoms with van der Waals surface area (Å²) >= 11 is 0. The zero-order chi connectivity index (χ0) is 11.8.